The van der Waals surface area contributed by atoms with E-state index in [9.17, 15) is 27.6 Å². The molecule has 0 bridgehead atoms. The molecule has 190 valence electrons. The van der Waals surface area contributed by atoms with Gasteiger partial charge in [0, 0.05) is 41.5 Å². The highest BCUT2D eigenvalue weighted by atomic mass is 32.2. The fourth-order valence-corrected chi connectivity index (χ4v) is 5.84. The van der Waals surface area contributed by atoms with Crippen molar-refractivity contribution in [2.24, 2.45) is 11.8 Å². The Morgan fingerprint density at radius 2 is 1.75 bits per heavy atom. The quantitative estimate of drug-likeness (QED) is 0.517. The number of fused-ring (bicyclic) bond motifs is 1. The predicted molar refractivity (Wildman–Crippen MR) is 131 cm³/mol. The number of nitrogens with one attached hydrogen (secondary N) is 2. The highest BCUT2D eigenvalue weighted by molar-refractivity contribution is 7.92. The van der Waals surface area contributed by atoms with Gasteiger partial charge in [-0.25, -0.2) is 8.42 Å². The molecule has 1 aliphatic heterocycles. The summed E-state index contributed by atoms with van der Waals surface area (Å²) in [6, 6.07) is 9.08. The summed E-state index contributed by atoms with van der Waals surface area (Å²) in [5.41, 5.74) is 1.43. The molecule has 2 aromatic carbocycles. The molecule has 0 saturated carbocycles. The number of imide groups is 1. The first-order chi connectivity index (χ1) is 17.1. The third kappa shape index (κ3) is 5.33. The van der Waals surface area contributed by atoms with E-state index < -0.39 is 15.9 Å². The maximum Gasteiger partial charge on any atom is 0.265 e. The number of sulfonamides is 1. The van der Waals surface area contributed by atoms with Gasteiger partial charge in [-0.2, -0.15) is 0 Å². The Balaban J connectivity index is 1.50. The Labute approximate surface area is 209 Å². The number of hydrogen-bond acceptors (Lipinski definition) is 7. The molecule has 2 aliphatic rings. The molecule has 2 atom stereocenters. The summed E-state index contributed by atoms with van der Waals surface area (Å²) in [6.45, 7) is 3.89. The van der Waals surface area contributed by atoms with Gasteiger partial charge in [0.2, 0.25) is 11.8 Å². The summed E-state index contributed by atoms with van der Waals surface area (Å²) in [6.07, 6.45) is 1.46. The van der Waals surface area contributed by atoms with Gasteiger partial charge in [0.15, 0.2) is 11.6 Å². The lowest BCUT2D eigenvalue weighted by Crippen LogP contribution is -2.41. The molecular formula is C26H28N2O7S. The lowest BCUT2D eigenvalue weighted by molar-refractivity contribution is -0.136. The predicted octanol–water partition coefficient (Wildman–Crippen LogP) is 3.41. The van der Waals surface area contributed by atoms with Gasteiger partial charge < -0.3 is 4.74 Å². The Hall–Kier alpha value is -3.53. The van der Waals surface area contributed by atoms with Crippen molar-refractivity contribution < 1.29 is 32.3 Å². The van der Waals surface area contributed by atoms with Crippen molar-refractivity contribution in [3.63, 3.8) is 0 Å². The number of rotatable bonds is 8. The molecule has 1 saturated heterocycles. The van der Waals surface area contributed by atoms with Crippen LogP contribution < -0.4 is 14.8 Å². The molecule has 2 amide bonds. The van der Waals surface area contributed by atoms with Gasteiger partial charge in [0.25, 0.3) is 10.0 Å². The number of anilines is 1. The summed E-state index contributed by atoms with van der Waals surface area (Å²) in [7, 11) is -4.01. The fraction of sp³-hybridized carbons (Fsp3) is 0.385. The first-order valence-corrected chi connectivity index (χ1v) is 13.4. The van der Waals surface area contributed by atoms with E-state index in [0.717, 1.165) is 5.56 Å². The van der Waals surface area contributed by atoms with Crippen LogP contribution in [0.3, 0.4) is 0 Å². The van der Waals surface area contributed by atoms with Gasteiger partial charge in [0.05, 0.1) is 6.61 Å². The highest BCUT2D eigenvalue weighted by Crippen LogP contribution is 2.33. The average molecular weight is 513 g/mol. The van der Waals surface area contributed by atoms with Crippen molar-refractivity contribution in [1.29, 1.82) is 0 Å². The molecule has 4 rings (SSSR count). The first-order valence-electron chi connectivity index (χ1n) is 11.9. The van der Waals surface area contributed by atoms with E-state index in [0.29, 0.717) is 25.9 Å². The zero-order chi connectivity index (χ0) is 26.0. The van der Waals surface area contributed by atoms with Crippen molar-refractivity contribution in [3.8, 4) is 5.75 Å². The minimum absolute atomic E-state index is 0.0121. The number of aryl methyl sites for hydroxylation is 1. The third-order valence-electron chi connectivity index (χ3n) is 6.55. The third-order valence-corrected chi connectivity index (χ3v) is 7.97. The second-order valence-electron chi connectivity index (χ2n) is 9.16. The minimum Gasteiger partial charge on any atom is -0.492 e. The summed E-state index contributed by atoms with van der Waals surface area (Å²) in [5, 5.41) is 2.31. The van der Waals surface area contributed by atoms with E-state index in [2.05, 4.69) is 10.0 Å². The number of ketones is 2. The molecule has 0 aromatic heterocycles. The number of amides is 2. The van der Waals surface area contributed by atoms with Crippen molar-refractivity contribution in [3.05, 3.63) is 53.1 Å². The van der Waals surface area contributed by atoms with E-state index in [1.807, 2.05) is 6.92 Å². The molecule has 2 N–H and O–H groups in total. The Kier molecular flexibility index (Phi) is 7.26. The molecule has 0 spiro atoms. The normalized spacial score (nSPS) is 20.1. The largest absolute Gasteiger partial charge is 0.492 e. The second kappa shape index (κ2) is 10.2. The van der Waals surface area contributed by atoms with Gasteiger partial charge in [-0.1, -0.05) is 6.07 Å². The zero-order valence-electron chi connectivity index (χ0n) is 20.1. The topological polar surface area (TPSA) is 136 Å². The molecule has 1 aliphatic carbocycles. The van der Waals surface area contributed by atoms with E-state index in [1.165, 1.54) is 24.3 Å². The van der Waals surface area contributed by atoms with Crippen molar-refractivity contribution in [2.45, 2.75) is 50.8 Å². The van der Waals surface area contributed by atoms with Crippen LogP contribution in [0.5, 0.6) is 5.75 Å². The smallest absolute Gasteiger partial charge is 0.265 e. The summed E-state index contributed by atoms with van der Waals surface area (Å²) < 4.78 is 34.1. The van der Waals surface area contributed by atoms with Crippen LogP contribution in [0, 0.1) is 18.8 Å². The zero-order valence-corrected chi connectivity index (χ0v) is 20.9. The molecule has 0 radical (unpaired) electrons. The van der Waals surface area contributed by atoms with Crippen molar-refractivity contribution in [2.75, 3.05) is 11.3 Å². The van der Waals surface area contributed by atoms with Crippen molar-refractivity contribution >= 4 is 39.1 Å². The molecule has 10 heteroatoms. The molecular weight excluding hydrogens is 484 g/mol. The van der Waals surface area contributed by atoms with E-state index in [4.69, 9.17) is 4.74 Å². The highest BCUT2D eigenvalue weighted by Gasteiger charge is 2.35. The van der Waals surface area contributed by atoms with Crippen LogP contribution >= 0.6 is 0 Å². The molecule has 1 fully saturated rings. The number of ether oxygens (including phenoxy) is 1. The van der Waals surface area contributed by atoms with Crippen LogP contribution in [-0.2, 0) is 19.6 Å². The van der Waals surface area contributed by atoms with Crippen molar-refractivity contribution in [1.82, 2.24) is 5.32 Å². The van der Waals surface area contributed by atoms with Gasteiger partial charge in [0.1, 0.15) is 10.6 Å². The number of Topliss-reactive ketones (excluding diaryl/α,β-unsaturated/α-hetero) is 2. The fourth-order valence-electron chi connectivity index (χ4n) is 4.66. The number of benzene rings is 2. The van der Waals surface area contributed by atoms with Gasteiger partial charge in [-0.15, -0.1) is 0 Å². The van der Waals surface area contributed by atoms with E-state index in [-0.39, 0.29) is 69.6 Å². The Morgan fingerprint density at radius 3 is 2.47 bits per heavy atom. The van der Waals surface area contributed by atoms with Crippen LogP contribution in [-0.4, -0.2) is 38.4 Å². The average Bonchev–Trinajstić information content (AvgIpc) is 2.81. The second-order valence-corrected chi connectivity index (χ2v) is 10.8. The van der Waals surface area contributed by atoms with Crippen LogP contribution in [0.15, 0.2) is 41.3 Å². The first kappa shape index (κ1) is 25.6. The summed E-state index contributed by atoms with van der Waals surface area (Å²) >= 11 is 0. The number of hydrogen-bond donors (Lipinski definition) is 2. The number of carbonyl (C=O) groups is 4. The minimum atomic E-state index is -4.01. The lowest BCUT2D eigenvalue weighted by atomic mass is 9.78. The Morgan fingerprint density at radius 1 is 1.00 bits per heavy atom. The van der Waals surface area contributed by atoms with Gasteiger partial charge in [-0.3, -0.25) is 29.2 Å². The molecule has 2 unspecified atom stereocenters. The number of carbonyl (C=O) groups excluding carboxylic acids is 4. The molecule has 36 heavy (non-hydrogen) atoms. The molecule has 2 aromatic rings. The van der Waals surface area contributed by atoms with E-state index >= 15 is 0 Å². The molecule has 9 nitrogen and oxygen atoms in total. The van der Waals surface area contributed by atoms with Crippen LogP contribution in [0.4, 0.5) is 5.69 Å². The summed E-state index contributed by atoms with van der Waals surface area (Å²) in [4.78, 5) is 49.3. The maximum atomic E-state index is 13.1. The van der Waals surface area contributed by atoms with Gasteiger partial charge >= 0.3 is 0 Å². The summed E-state index contributed by atoms with van der Waals surface area (Å²) in [5.74, 6) is -1.77. The van der Waals surface area contributed by atoms with Crippen LogP contribution in [0.25, 0.3) is 0 Å². The monoisotopic (exact) mass is 512 g/mol. The maximum absolute atomic E-state index is 13.1. The van der Waals surface area contributed by atoms with Crippen LogP contribution in [0.2, 0.25) is 0 Å². The molecule has 1 heterocycles. The number of piperidine rings is 1. The SMILES string of the molecule is CCOc1cc(C)ccc1S(=O)(=O)Nc1ccc2c(c1)C(=O)CC(CCC1CCC(=O)NC1=O)C2=O. The lowest BCUT2D eigenvalue weighted by Gasteiger charge is -2.26. The standard InChI is InChI=1S/C26H28N2O7S/c1-3-35-22-12-15(2)4-10-23(22)36(33,34)28-18-8-9-19-20(14-18)21(29)13-17(25(19)31)6-5-16-7-11-24(30)27-26(16)32/h4,8-10,12,14,16-17,28H,3,5-7,11,13H2,1-2H3,(H,27,30,32). The van der Waals surface area contributed by atoms with Crippen LogP contribution in [0.1, 0.15) is 65.3 Å². The Bertz CT molecular complexity index is 1350. The van der Waals surface area contributed by atoms with Gasteiger partial charge in [-0.05, 0) is 69.0 Å². The van der Waals surface area contributed by atoms with E-state index in [1.54, 1.807) is 19.1 Å².